The van der Waals surface area contributed by atoms with E-state index in [4.69, 9.17) is 4.99 Å². The molecule has 2 heterocycles. The largest absolute Gasteiger partial charge is 0.364 e. The first-order valence-electron chi connectivity index (χ1n) is 14.7. The molecular formula is C34H39N5O3. The standard InChI is InChI=1S/C34H39N5O3/c1-6-14-38(15-7-2)33(41)27-18-25-9-8-24(19-30(25)36-31(20-27)35-28-11-12-28)23-10-13-29-26(17-23)16-22(3)39(34(29)42)21-32(40)37(4)5/h8-13,16-19,28H,6-7,14-15,20-21H2,1-5H3,(H,35,36). The number of carbonyl (C=O) groups excluding carboxylic acids is 2. The molecule has 218 valence electrons. The normalized spacial score (nSPS) is 14.1. The highest BCUT2D eigenvalue weighted by atomic mass is 16.2. The van der Waals surface area contributed by atoms with Crippen LogP contribution in [0.25, 0.3) is 28.0 Å². The molecule has 0 unspecified atom stereocenters. The number of nitrogens with zero attached hydrogens (tertiary/aromatic N) is 4. The number of nitrogens with one attached hydrogen (secondary N) is 1. The second-order valence-corrected chi connectivity index (χ2v) is 11.3. The summed E-state index contributed by atoms with van der Waals surface area (Å²) in [5.41, 5.74) is 4.92. The molecule has 0 atom stereocenters. The molecule has 0 saturated carbocycles. The molecule has 42 heavy (non-hydrogen) atoms. The minimum absolute atomic E-state index is 0.0115. The third-order valence-corrected chi connectivity index (χ3v) is 7.68. The summed E-state index contributed by atoms with van der Waals surface area (Å²) in [5.74, 6) is 0.711. The van der Waals surface area contributed by atoms with Gasteiger partial charge in [0, 0.05) is 55.8 Å². The quantitative estimate of drug-likeness (QED) is 0.368. The molecule has 1 N–H and O–H groups in total. The van der Waals surface area contributed by atoms with Gasteiger partial charge >= 0.3 is 0 Å². The predicted octanol–water partition coefficient (Wildman–Crippen LogP) is 5.06. The first-order valence-corrected chi connectivity index (χ1v) is 14.7. The number of likely N-dealkylation sites (N-methyl/N-ethyl adjacent to an activating group) is 1. The second kappa shape index (κ2) is 12.2. The summed E-state index contributed by atoms with van der Waals surface area (Å²) in [6.45, 7) is 7.52. The van der Waals surface area contributed by atoms with Gasteiger partial charge in [-0.25, -0.2) is 4.99 Å². The van der Waals surface area contributed by atoms with Gasteiger partial charge in [0.2, 0.25) is 11.8 Å². The Bertz CT molecular complexity index is 1680. The number of amides is 2. The average Bonchev–Trinajstić information content (AvgIpc) is 3.80. The molecule has 3 aromatic rings. The van der Waals surface area contributed by atoms with Crippen molar-refractivity contribution in [2.75, 3.05) is 27.2 Å². The summed E-state index contributed by atoms with van der Waals surface area (Å²) in [6, 6.07) is 14.0. The fraction of sp³-hybridized carbons (Fsp3) is 0.353. The maximum atomic E-state index is 13.6. The lowest BCUT2D eigenvalue weighted by molar-refractivity contribution is -0.129. The van der Waals surface area contributed by atoms with Gasteiger partial charge in [0.25, 0.3) is 5.56 Å². The summed E-state index contributed by atoms with van der Waals surface area (Å²) in [4.78, 5) is 47.5. The number of hydrogen-bond acceptors (Lipinski definition) is 5. The number of carbonyl (C=O) groups is 2. The van der Waals surface area contributed by atoms with Gasteiger partial charge in [-0.1, -0.05) is 44.2 Å². The Labute approximate surface area is 247 Å². The van der Waals surface area contributed by atoms with Gasteiger partial charge in [-0.3, -0.25) is 14.4 Å². The highest BCUT2D eigenvalue weighted by Gasteiger charge is 2.24. The van der Waals surface area contributed by atoms with Gasteiger partial charge < -0.3 is 19.7 Å². The Morgan fingerprint density at radius 3 is 2.36 bits per heavy atom. The minimum Gasteiger partial charge on any atom is -0.364 e. The van der Waals surface area contributed by atoms with E-state index in [0.29, 0.717) is 11.8 Å². The Kier molecular flexibility index (Phi) is 8.43. The summed E-state index contributed by atoms with van der Waals surface area (Å²) in [6.07, 6.45) is 8.40. The molecule has 5 rings (SSSR count). The number of aryl methyl sites for hydroxylation is 1. The van der Waals surface area contributed by atoms with E-state index in [1.807, 2.05) is 60.4 Å². The highest BCUT2D eigenvalue weighted by molar-refractivity contribution is 6.06. The lowest BCUT2D eigenvalue weighted by atomic mass is 9.98. The van der Waals surface area contributed by atoms with Crippen molar-refractivity contribution in [2.24, 2.45) is 4.99 Å². The smallest absolute Gasteiger partial charge is 0.259 e. The zero-order valence-corrected chi connectivity index (χ0v) is 25.1. The fourth-order valence-electron chi connectivity index (χ4n) is 5.31. The van der Waals surface area contributed by atoms with Gasteiger partial charge in [-0.15, -0.1) is 0 Å². The maximum Gasteiger partial charge on any atom is 0.259 e. The Balaban J connectivity index is 1.52. The average molecular weight is 566 g/mol. The van der Waals surface area contributed by atoms with Crippen LogP contribution >= 0.6 is 0 Å². The van der Waals surface area contributed by atoms with Crippen LogP contribution in [-0.2, 0) is 16.1 Å². The molecule has 8 heteroatoms. The van der Waals surface area contributed by atoms with E-state index in [9.17, 15) is 14.4 Å². The van der Waals surface area contributed by atoms with Crippen LogP contribution in [0.2, 0.25) is 0 Å². The number of aromatic nitrogens is 1. The number of fused-ring (bicyclic) bond motifs is 2. The molecular weight excluding hydrogens is 526 g/mol. The summed E-state index contributed by atoms with van der Waals surface area (Å²) in [5, 5.41) is 4.84. The Morgan fingerprint density at radius 1 is 1.00 bits per heavy atom. The van der Waals surface area contributed by atoms with Gasteiger partial charge in [0.05, 0.1) is 11.7 Å². The third kappa shape index (κ3) is 6.22. The molecule has 0 radical (unpaired) electrons. The molecule has 1 aromatic heterocycles. The minimum atomic E-state index is -0.176. The van der Waals surface area contributed by atoms with Crippen molar-refractivity contribution in [3.05, 3.63) is 81.8 Å². The van der Waals surface area contributed by atoms with Crippen molar-refractivity contribution in [1.82, 2.24) is 19.7 Å². The van der Waals surface area contributed by atoms with E-state index in [-0.39, 0.29) is 30.0 Å². The monoisotopic (exact) mass is 565 g/mol. The predicted molar refractivity (Wildman–Crippen MR) is 170 cm³/mol. The lowest BCUT2D eigenvalue weighted by Crippen LogP contribution is -2.35. The number of aliphatic imine (C=N–C) groups is 1. The number of rotatable bonds is 9. The van der Waals surface area contributed by atoms with Gasteiger partial charge in [-0.05, 0) is 66.6 Å². The van der Waals surface area contributed by atoms with E-state index >= 15 is 0 Å². The van der Waals surface area contributed by atoms with E-state index in [2.05, 4.69) is 31.3 Å². The summed E-state index contributed by atoms with van der Waals surface area (Å²) < 4.78 is 1.53. The lowest BCUT2D eigenvalue weighted by Gasteiger charge is -2.23. The molecule has 1 aliphatic heterocycles. The zero-order valence-electron chi connectivity index (χ0n) is 25.1. The molecule has 0 bridgehead atoms. The van der Waals surface area contributed by atoms with Gasteiger partial charge in [-0.2, -0.15) is 0 Å². The SMILES string of the molecule is CCCN(CCC)C(=O)C1=Cc2ccc(-c3ccc4c(=O)n(CC(=O)N(C)C)c(C)cc4c3)cc2N=C(NC2C=C2)C1. The molecule has 2 amide bonds. The van der Waals surface area contributed by atoms with Crippen molar-refractivity contribution in [2.45, 2.75) is 52.6 Å². The second-order valence-electron chi connectivity index (χ2n) is 11.3. The molecule has 1 aliphatic carbocycles. The molecule has 2 aliphatic rings. The number of benzene rings is 2. The van der Waals surface area contributed by atoms with Crippen LogP contribution in [0, 0.1) is 6.92 Å². The van der Waals surface area contributed by atoms with Crippen molar-refractivity contribution < 1.29 is 9.59 Å². The van der Waals surface area contributed by atoms with Gasteiger partial charge in [0.1, 0.15) is 12.4 Å². The maximum absolute atomic E-state index is 13.6. The molecule has 0 spiro atoms. The van der Waals surface area contributed by atoms with Crippen molar-refractivity contribution >= 4 is 40.2 Å². The van der Waals surface area contributed by atoms with Crippen LogP contribution in [0.1, 0.15) is 44.4 Å². The van der Waals surface area contributed by atoms with E-state index in [1.54, 1.807) is 14.1 Å². The van der Waals surface area contributed by atoms with Crippen LogP contribution in [0.4, 0.5) is 5.69 Å². The van der Waals surface area contributed by atoms with E-state index in [0.717, 1.165) is 70.8 Å². The zero-order chi connectivity index (χ0) is 30.0. The number of pyridine rings is 1. The van der Waals surface area contributed by atoms with Crippen LogP contribution in [0.3, 0.4) is 0 Å². The molecule has 2 aromatic carbocycles. The molecule has 0 saturated heterocycles. The topological polar surface area (TPSA) is 87.0 Å². The number of amidine groups is 1. The molecule has 0 fully saturated rings. The first-order chi connectivity index (χ1) is 20.2. The summed E-state index contributed by atoms with van der Waals surface area (Å²) in [7, 11) is 3.37. The van der Waals surface area contributed by atoms with Crippen molar-refractivity contribution in [1.29, 1.82) is 0 Å². The van der Waals surface area contributed by atoms with E-state index < -0.39 is 0 Å². The van der Waals surface area contributed by atoms with Crippen LogP contribution < -0.4 is 10.9 Å². The third-order valence-electron chi connectivity index (χ3n) is 7.68. The van der Waals surface area contributed by atoms with Crippen molar-refractivity contribution in [3.63, 3.8) is 0 Å². The molecule has 8 nitrogen and oxygen atoms in total. The Morgan fingerprint density at radius 2 is 1.69 bits per heavy atom. The first kappa shape index (κ1) is 29.0. The number of hydrogen-bond donors (Lipinski definition) is 1. The van der Waals surface area contributed by atoms with Crippen LogP contribution in [0.15, 0.2) is 70.0 Å². The fourth-order valence-corrected chi connectivity index (χ4v) is 5.31. The van der Waals surface area contributed by atoms with Crippen LogP contribution in [-0.4, -0.2) is 65.2 Å². The van der Waals surface area contributed by atoms with Crippen molar-refractivity contribution in [3.8, 4) is 11.1 Å². The van der Waals surface area contributed by atoms with E-state index in [1.165, 1.54) is 9.47 Å². The van der Waals surface area contributed by atoms with Gasteiger partial charge in [0.15, 0.2) is 0 Å². The highest BCUT2D eigenvalue weighted by Crippen LogP contribution is 2.33. The summed E-state index contributed by atoms with van der Waals surface area (Å²) >= 11 is 0. The Hall–Kier alpha value is -4.46. The van der Waals surface area contributed by atoms with Crippen LogP contribution in [0.5, 0.6) is 0 Å².